The van der Waals surface area contributed by atoms with Crippen molar-refractivity contribution in [2.24, 2.45) is 68.1 Å². The number of aliphatic imine (C=N–C) groups is 1. The van der Waals surface area contributed by atoms with Crippen LogP contribution in [0.15, 0.2) is 4.99 Å². The molecule has 9 atom stereocenters. The van der Waals surface area contributed by atoms with Gasteiger partial charge >= 0.3 is 5.97 Å². The Kier molecular flexibility index (Phi) is 42.7. The fourth-order valence-electron chi connectivity index (χ4n) is 8.50. The van der Waals surface area contributed by atoms with Crippen molar-refractivity contribution in [2.45, 2.75) is 208 Å². The maximum absolute atomic E-state index is 14.4. The molecule has 32 nitrogen and oxygen atoms in total. The van der Waals surface area contributed by atoms with Crippen molar-refractivity contribution in [1.29, 1.82) is 0 Å². The van der Waals surface area contributed by atoms with E-state index in [0.717, 1.165) is 0 Å². The second-order valence-corrected chi connectivity index (χ2v) is 20.6. The van der Waals surface area contributed by atoms with Crippen molar-refractivity contribution in [3.8, 4) is 0 Å². The molecule has 0 heterocycles. The van der Waals surface area contributed by atoms with Crippen molar-refractivity contribution in [2.75, 3.05) is 45.8 Å². The van der Waals surface area contributed by atoms with Gasteiger partial charge in [-0.3, -0.25) is 52.9 Å². The zero-order valence-electron chi connectivity index (χ0n) is 48.9. The van der Waals surface area contributed by atoms with Crippen LogP contribution in [0.5, 0.6) is 0 Å². The lowest BCUT2D eigenvalue weighted by atomic mass is 10.0. The van der Waals surface area contributed by atoms with E-state index in [0.29, 0.717) is 83.7 Å². The zero-order valence-corrected chi connectivity index (χ0v) is 48.9. The average Bonchev–Trinajstić information content (AvgIpc) is 3.49. The quantitative estimate of drug-likeness (QED) is 0.0153. The van der Waals surface area contributed by atoms with Gasteiger partial charge in [0.25, 0.3) is 0 Å². The van der Waals surface area contributed by atoms with Gasteiger partial charge in [-0.25, -0.2) is 4.79 Å². The molecule has 0 aliphatic carbocycles. The van der Waals surface area contributed by atoms with E-state index in [9.17, 15) is 57.8 Å². The molecule has 31 N–H and O–H groups in total. The summed E-state index contributed by atoms with van der Waals surface area (Å²) in [6.07, 6.45) is 3.82. The predicted molar refractivity (Wildman–Crippen MR) is 315 cm³/mol. The van der Waals surface area contributed by atoms with E-state index < -0.39 is 139 Å². The fraction of sp³-hybridized carbons (Fsp3) is 0.769. The summed E-state index contributed by atoms with van der Waals surface area (Å²) in [6.45, 7) is 1.69. The van der Waals surface area contributed by atoms with Crippen LogP contribution >= 0.6 is 0 Å². The summed E-state index contributed by atoms with van der Waals surface area (Å²) < 4.78 is 0. The number of nitrogens with two attached hydrogens (primary N) is 11. The third kappa shape index (κ3) is 35.3. The molecule has 0 aromatic heterocycles. The Hall–Kier alpha value is -6.84. The molecule has 0 fully saturated rings. The summed E-state index contributed by atoms with van der Waals surface area (Å²) in [5.74, 6) is -10.0. The number of nitrogens with zero attached hydrogens (tertiary/aromatic N) is 1. The largest absolute Gasteiger partial charge is 0.480 e. The number of unbranched alkanes of at least 4 members (excludes halogenated alkanes) is 6. The minimum atomic E-state index is -1.58. The second-order valence-electron chi connectivity index (χ2n) is 20.6. The van der Waals surface area contributed by atoms with Crippen molar-refractivity contribution in [3.63, 3.8) is 0 Å². The average molecular weight is 1200 g/mol. The lowest BCUT2D eigenvalue weighted by molar-refractivity contribution is -0.142. The van der Waals surface area contributed by atoms with Crippen LogP contribution in [0.4, 0.5) is 0 Å². The van der Waals surface area contributed by atoms with Gasteiger partial charge in [0.15, 0.2) is 5.96 Å². The Balaban J connectivity index is 7.04. The van der Waals surface area contributed by atoms with E-state index >= 15 is 0 Å². The number of carbonyl (C=O) groups is 11. The van der Waals surface area contributed by atoms with E-state index in [-0.39, 0.29) is 103 Å². The third-order valence-corrected chi connectivity index (χ3v) is 13.4. The first-order valence-corrected chi connectivity index (χ1v) is 29.2. The normalized spacial score (nSPS) is 14.3. The minimum Gasteiger partial charge on any atom is -0.480 e. The highest BCUT2D eigenvalue weighted by atomic mass is 16.4. The molecule has 0 aliphatic rings. The van der Waals surface area contributed by atoms with Gasteiger partial charge in [0.1, 0.15) is 48.3 Å². The van der Waals surface area contributed by atoms with Crippen LogP contribution < -0.4 is 106 Å². The molecule has 0 spiro atoms. The Morgan fingerprint density at radius 1 is 0.310 bits per heavy atom. The first kappa shape index (κ1) is 77.2. The van der Waals surface area contributed by atoms with Gasteiger partial charge in [0.05, 0.1) is 6.04 Å². The highest BCUT2D eigenvalue weighted by Crippen LogP contribution is 2.13. The standard InChI is InChI=1S/C52H102N20O12/c53-25-7-1-14-32(59)43(75)65-37(20-13-31-64-52(62)63)47(79)66-34(16-3-9-27-55)45(77)70-39(22-24-42(61)74)50(82)69-35(17-4-10-28-56)46(78)71-38(21-23-41(60)73)49(81)68-33(15-2-8-26-54)44(76)67-36(18-5-11-29-57)48(80)72-40(51(83)84)19-6-12-30-58/h32-40H,1-31,53-59H2,(H2,60,73)(H2,61,74)(H,65,75)(H,66,79)(H,67,76)(H,68,81)(H,69,82)(H,70,77)(H,71,78)(H,72,80)(H,83,84)(H4,62,63,64)/t32-,33-,34-,35-,36-,37-,38-,39-,40-/m0/s1. The van der Waals surface area contributed by atoms with Gasteiger partial charge in [-0.2, -0.15) is 0 Å². The number of nitrogens with one attached hydrogen (secondary N) is 8. The van der Waals surface area contributed by atoms with E-state index in [4.69, 9.17) is 63.1 Å². The SMILES string of the molecule is NCCCC[C@H](NC(=O)[C@H](CCCCN)NC(=O)[C@H](CCCCN)NC(=O)[C@H](CCC(N)=O)NC(=O)[C@H](CCCCN)NC(=O)[C@H](CCC(N)=O)NC(=O)[C@H](CCCCN)NC(=O)[C@H](CCCN=C(N)N)NC(=O)[C@@H](N)CCCCN)C(=O)O. The zero-order chi connectivity index (χ0) is 63.4. The van der Waals surface area contributed by atoms with E-state index in [1.165, 1.54) is 0 Å². The summed E-state index contributed by atoms with van der Waals surface area (Å²) in [6, 6.07) is -12.1. The minimum absolute atomic E-state index is 0.00546. The van der Waals surface area contributed by atoms with Crippen LogP contribution in [0.25, 0.3) is 0 Å². The number of hydrogen-bond donors (Lipinski definition) is 20. The van der Waals surface area contributed by atoms with Gasteiger partial charge < -0.3 is 111 Å². The molecule has 0 saturated carbocycles. The van der Waals surface area contributed by atoms with Crippen molar-refractivity contribution < 1.29 is 57.8 Å². The molecule has 0 unspecified atom stereocenters. The number of guanidine groups is 1. The van der Waals surface area contributed by atoms with E-state index in [2.05, 4.69) is 47.5 Å². The molecule has 0 aromatic carbocycles. The van der Waals surface area contributed by atoms with Gasteiger partial charge in [-0.15, -0.1) is 0 Å². The van der Waals surface area contributed by atoms with Gasteiger partial charge in [-0.05, 0) is 174 Å². The van der Waals surface area contributed by atoms with Gasteiger partial charge in [0.2, 0.25) is 59.1 Å². The van der Waals surface area contributed by atoms with Gasteiger partial charge in [-0.1, -0.05) is 6.42 Å². The molecule has 0 aromatic rings. The molecule has 32 heteroatoms. The van der Waals surface area contributed by atoms with Crippen LogP contribution in [0.3, 0.4) is 0 Å². The van der Waals surface area contributed by atoms with Crippen LogP contribution in [-0.2, 0) is 52.7 Å². The molecule has 482 valence electrons. The number of carboxylic acid groups (broad SMARTS) is 1. The number of amides is 10. The lowest BCUT2D eigenvalue weighted by Gasteiger charge is -2.28. The summed E-state index contributed by atoms with van der Waals surface area (Å²) in [5.41, 5.74) is 62.2. The number of carboxylic acids is 1. The Labute approximate surface area is 492 Å². The van der Waals surface area contributed by atoms with Gasteiger partial charge in [0, 0.05) is 19.4 Å². The highest BCUT2D eigenvalue weighted by Gasteiger charge is 2.35. The van der Waals surface area contributed by atoms with E-state index in [1.54, 1.807) is 0 Å². The first-order valence-electron chi connectivity index (χ1n) is 29.2. The molecule has 10 amide bonds. The Bertz CT molecular complexity index is 2050. The molecule has 0 saturated heterocycles. The summed E-state index contributed by atoms with van der Waals surface area (Å²) in [5, 5.41) is 30.6. The van der Waals surface area contributed by atoms with Crippen LogP contribution in [-0.4, -0.2) is 176 Å². The lowest BCUT2D eigenvalue weighted by Crippen LogP contribution is -2.60. The van der Waals surface area contributed by atoms with Crippen LogP contribution in [0.1, 0.15) is 154 Å². The maximum atomic E-state index is 14.4. The van der Waals surface area contributed by atoms with E-state index in [1.807, 2.05) is 0 Å². The maximum Gasteiger partial charge on any atom is 0.326 e. The van der Waals surface area contributed by atoms with Crippen molar-refractivity contribution >= 4 is 71.0 Å². The van der Waals surface area contributed by atoms with Crippen molar-refractivity contribution in [1.82, 2.24) is 42.5 Å². The monoisotopic (exact) mass is 1200 g/mol. The number of rotatable bonds is 51. The third-order valence-electron chi connectivity index (χ3n) is 13.4. The molecule has 0 bridgehead atoms. The fourth-order valence-corrected chi connectivity index (χ4v) is 8.50. The van der Waals surface area contributed by atoms with Crippen LogP contribution in [0.2, 0.25) is 0 Å². The first-order chi connectivity index (χ1) is 40.0. The Morgan fingerprint density at radius 2 is 0.536 bits per heavy atom. The molecule has 84 heavy (non-hydrogen) atoms. The highest BCUT2D eigenvalue weighted by molar-refractivity contribution is 5.98. The molecule has 0 rings (SSSR count). The Morgan fingerprint density at radius 3 is 0.786 bits per heavy atom. The summed E-state index contributed by atoms with van der Waals surface area (Å²) in [7, 11) is 0. The molecule has 0 radical (unpaired) electrons. The second kappa shape index (κ2) is 46.5. The topological polar surface area (TPSA) is 603 Å². The van der Waals surface area contributed by atoms with Crippen LogP contribution in [0, 0.1) is 0 Å². The summed E-state index contributed by atoms with van der Waals surface area (Å²) in [4.78, 5) is 152. The van der Waals surface area contributed by atoms with Crippen molar-refractivity contribution in [3.05, 3.63) is 0 Å². The predicted octanol–water partition coefficient (Wildman–Crippen LogP) is -6.36. The summed E-state index contributed by atoms with van der Waals surface area (Å²) >= 11 is 0. The number of carbonyl (C=O) groups excluding carboxylic acids is 10. The molecule has 0 aliphatic heterocycles. The number of primary amides is 2. The number of hydrogen-bond acceptors (Lipinski definition) is 19. The number of aliphatic carboxylic acids is 1. The molecular formula is C52H102N20O12. The molecular weight excluding hydrogens is 1100 g/mol. The smallest absolute Gasteiger partial charge is 0.326 e.